The molecule has 0 aromatic heterocycles. The summed E-state index contributed by atoms with van der Waals surface area (Å²) < 4.78 is 0. The SMILES string of the molecule is CCCCCCCCCC1(O)C=CC=C(CC(N)C(=O)O)C1=O. The first-order valence-electron chi connectivity index (χ1n) is 8.54. The van der Waals surface area contributed by atoms with E-state index >= 15 is 0 Å². The number of carboxylic acids is 1. The van der Waals surface area contributed by atoms with Crippen LogP contribution in [0.2, 0.25) is 0 Å². The van der Waals surface area contributed by atoms with Crippen molar-refractivity contribution in [1.29, 1.82) is 0 Å². The molecule has 1 aliphatic carbocycles. The summed E-state index contributed by atoms with van der Waals surface area (Å²) in [6, 6.07) is -1.13. The highest BCUT2D eigenvalue weighted by Crippen LogP contribution is 2.27. The molecular weight excluding hydrogens is 294 g/mol. The standard InChI is InChI=1S/C18H29NO4/c1-2-3-4-5-6-7-8-11-18(23)12-9-10-14(16(18)20)13-15(19)17(21)22/h9-10,12,15,23H,2-8,11,13,19H2,1H3,(H,21,22). The molecule has 2 unspecified atom stereocenters. The summed E-state index contributed by atoms with van der Waals surface area (Å²) >= 11 is 0. The molecule has 0 heterocycles. The Balaban J connectivity index is 2.43. The van der Waals surface area contributed by atoms with Crippen LogP contribution in [0.3, 0.4) is 0 Å². The zero-order chi connectivity index (χ0) is 17.3. The van der Waals surface area contributed by atoms with Crippen molar-refractivity contribution in [3.05, 3.63) is 23.8 Å². The van der Waals surface area contributed by atoms with Gasteiger partial charge in [0.05, 0.1) is 0 Å². The van der Waals surface area contributed by atoms with E-state index in [0.29, 0.717) is 6.42 Å². The fourth-order valence-corrected chi connectivity index (χ4v) is 2.79. The minimum absolute atomic E-state index is 0.0577. The molecule has 0 spiro atoms. The zero-order valence-electron chi connectivity index (χ0n) is 14.0. The molecule has 0 bridgehead atoms. The molecule has 1 rings (SSSR count). The maximum absolute atomic E-state index is 12.4. The number of carboxylic acid groups (broad SMARTS) is 1. The van der Waals surface area contributed by atoms with Gasteiger partial charge in [-0.05, 0) is 18.9 Å². The van der Waals surface area contributed by atoms with Crippen LogP contribution in [0.5, 0.6) is 0 Å². The number of unbranched alkanes of at least 4 members (excludes halogenated alkanes) is 6. The topological polar surface area (TPSA) is 101 Å². The van der Waals surface area contributed by atoms with Crippen LogP contribution in [0, 0.1) is 0 Å². The Labute approximate surface area is 138 Å². The van der Waals surface area contributed by atoms with E-state index in [1.807, 2.05) is 0 Å². The van der Waals surface area contributed by atoms with Crippen LogP contribution in [-0.4, -0.2) is 33.6 Å². The third-order valence-electron chi connectivity index (χ3n) is 4.27. The number of aliphatic carboxylic acids is 1. The maximum Gasteiger partial charge on any atom is 0.320 e. The van der Waals surface area contributed by atoms with Crippen LogP contribution >= 0.6 is 0 Å². The largest absolute Gasteiger partial charge is 0.480 e. The van der Waals surface area contributed by atoms with Crippen molar-refractivity contribution in [2.75, 3.05) is 0 Å². The number of aliphatic hydroxyl groups is 1. The molecule has 1 aliphatic rings. The van der Waals surface area contributed by atoms with Gasteiger partial charge in [-0.25, -0.2) is 0 Å². The normalized spacial score (nSPS) is 22.0. The Hall–Kier alpha value is -1.46. The first-order valence-corrected chi connectivity index (χ1v) is 8.54. The molecule has 4 N–H and O–H groups in total. The van der Waals surface area contributed by atoms with Gasteiger partial charge in [0.1, 0.15) is 11.6 Å². The molecule has 0 fully saturated rings. The molecule has 23 heavy (non-hydrogen) atoms. The van der Waals surface area contributed by atoms with Gasteiger partial charge in [0, 0.05) is 12.0 Å². The zero-order valence-corrected chi connectivity index (χ0v) is 14.0. The second kappa shape index (κ2) is 9.63. The maximum atomic E-state index is 12.4. The van der Waals surface area contributed by atoms with Crippen LogP contribution < -0.4 is 5.73 Å². The lowest BCUT2D eigenvalue weighted by molar-refractivity contribution is -0.138. The second-order valence-corrected chi connectivity index (χ2v) is 6.32. The fourth-order valence-electron chi connectivity index (χ4n) is 2.79. The Kier molecular flexibility index (Phi) is 8.20. The Morgan fingerprint density at radius 1 is 1.22 bits per heavy atom. The number of carbonyl (C=O) groups is 2. The smallest absolute Gasteiger partial charge is 0.320 e. The van der Waals surface area contributed by atoms with Crippen LogP contribution in [-0.2, 0) is 9.59 Å². The van der Waals surface area contributed by atoms with Gasteiger partial charge in [0.25, 0.3) is 0 Å². The number of Topliss-reactive ketones (excluding diaryl/α,β-unsaturated/α-hetero) is 1. The molecule has 0 aromatic rings. The quantitative estimate of drug-likeness (QED) is 0.508. The van der Waals surface area contributed by atoms with E-state index in [4.69, 9.17) is 10.8 Å². The van der Waals surface area contributed by atoms with E-state index in [0.717, 1.165) is 19.3 Å². The van der Waals surface area contributed by atoms with Crippen LogP contribution in [0.4, 0.5) is 0 Å². The molecule has 0 aromatic carbocycles. The van der Waals surface area contributed by atoms with Crippen LogP contribution in [0.1, 0.15) is 64.7 Å². The molecule has 0 saturated heterocycles. The predicted molar refractivity (Wildman–Crippen MR) is 90.0 cm³/mol. The van der Waals surface area contributed by atoms with Gasteiger partial charge in [-0.15, -0.1) is 0 Å². The number of allylic oxidation sites excluding steroid dienone is 2. The third kappa shape index (κ3) is 6.28. The number of nitrogens with two attached hydrogens (primary N) is 1. The van der Waals surface area contributed by atoms with Crippen molar-refractivity contribution in [1.82, 2.24) is 0 Å². The Bertz CT molecular complexity index is 470. The van der Waals surface area contributed by atoms with Crippen molar-refractivity contribution in [2.45, 2.75) is 76.4 Å². The van der Waals surface area contributed by atoms with Crippen LogP contribution in [0.15, 0.2) is 23.8 Å². The highest BCUT2D eigenvalue weighted by atomic mass is 16.4. The first-order chi connectivity index (χ1) is 10.9. The second-order valence-electron chi connectivity index (χ2n) is 6.32. The monoisotopic (exact) mass is 323 g/mol. The van der Waals surface area contributed by atoms with E-state index in [9.17, 15) is 14.7 Å². The van der Waals surface area contributed by atoms with E-state index in [-0.39, 0.29) is 12.0 Å². The summed E-state index contributed by atoms with van der Waals surface area (Å²) in [6.45, 7) is 2.18. The Morgan fingerprint density at radius 3 is 2.43 bits per heavy atom. The van der Waals surface area contributed by atoms with Crippen LogP contribution in [0.25, 0.3) is 0 Å². The average Bonchev–Trinajstić information content (AvgIpc) is 2.51. The van der Waals surface area contributed by atoms with Gasteiger partial charge in [0.2, 0.25) is 0 Å². The summed E-state index contributed by atoms with van der Waals surface area (Å²) in [5.74, 6) is -1.56. The van der Waals surface area contributed by atoms with Crippen molar-refractivity contribution in [3.8, 4) is 0 Å². The van der Waals surface area contributed by atoms with E-state index in [2.05, 4.69) is 6.92 Å². The molecule has 0 amide bonds. The van der Waals surface area contributed by atoms with Gasteiger partial charge in [0.15, 0.2) is 5.78 Å². The molecule has 0 radical (unpaired) electrons. The number of hydrogen-bond donors (Lipinski definition) is 3. The third-order valence-corrected chi connectivity index (χ3v) is 4.27. The van der Waals surface area contributed by atoms with E-state index < -0.39 is 23.4 Å². The minimum atomic E-state index is -1.51. The van der Waals surface area contributed by atoms with E-state index in [1.165, 1.54) is 31.8 Å². The Morgan fingerprint density at radius 2 is 1.83 bits per heavy atom. The van der Waals surface area contributed by atoms with Crippen molar-refractivity contribution in [2.24, 2.45) is 5.73 Å². The lowest BCUT2D eigenvalue weighted by Gasteiger charge is -2.27. The molecule has 5 heteroatoms. The summed E-state index contributed by atoms with van der Waals surface area (Å²) in [4.78, 5) is 23.2. The van der Waals surface area contributed by atoms with Gasteiger partial charge in [-0.1, -0.05) is 57.6 Å². The average molecular weight is 323 g/mol. The van der Waals surface area contributed by atoms with Gasteiger partial charge in [-0.3, -0.25) is 9.59 Å². The number of hydrogen-bond acceptors (Lipinski definition) is 4. The highest BCUT2D eigenvalue weighted by molar-refractivity contribution is 6.05. The molecule has 2 atom stereocenters. The molecule has 0 saturated carbocycles. The number of ketones is 1. The molecular formula is C18H29NO4. The molecule has 130 valence electrons. The lowest BCUT2D eigenvalue weighted by atomic mass is 9.82. The lowest BCUT2D eigenvalue weighted by Crippen LogP contribution is -2.41. The summed E-state index contributed by atoms with van der Waals surface area (Å²) in [7, 11) is 0. The van der Waals surface area contributed by atoms with Crippen molar-refractivity contribution >= 4 is 11.8 Å². The van der Waals surface area contributed by atoms with Crippen molar-refractivity contribution < 1.29 is 19.8 Å². The summed E-state index contributed by atoms with van der Waals surface area (Å²) in [5.41, 5.74) is 4.26. The molecule has 0 aliphatic heterocycles. The first kappa shape index (κ1) is 19.6. The van der Waals surface area contributed by atoms with Crippen molar-refractivity contribution in [3.63, 3.8) is 0 Å². The molecule has 5 nitrogen and oxygen atoms in total. The minimum Gasteiger partial charge on any atom is -0.480 e. The predicted octanol–water partition coefficient (Wildman–Crippen LogP) is 2.73. The summed E-state index contributed by atoms with van der Waals surface area (Å²) in [6.07, 6.45) is 12.7. The van der Waals surface area contributed by atoms with E-state index in [1.54, 1.807) is 12.2 Å². The number of carbonyl (C=O) groups excluding carboxylic acids is 1. The fraction of sp³-hybridized carbons (Fsp3) is 0.667. The van der Waals surface area contributed by atoms with Gasteiger partial charge >= 0.3 is 5.97 Å². The van der Waals surface area contributed by atoms with Gasteiger partial charge in [-0.2, -0.15) is 0 Å². The summed E-state index contributed by atoms with van der Waals surface area (Å²) in [5, 5.41) is 19.4. The highest BCUT2D eigenvalue weighted by Gasteiger charge is 2.37. The van der Waals surface area contributed by atoms with Gasteiger partial charge < -0.3 is 15.9 Å². The number of rotatable bonds is 11.